The van der Waals surface area contributed by atoms with E-state index in [0.717, 1.165) is 56.4 Å². The fourth-order valence-electron chi connectivity index (χ4n) is 2.55. The van der Waals surface area contributed by atoms with Crippen LogP contribution in [-0.2, 0) is 27.4 Å². The van der Waals surface area contributed by atoms with Crippen molar-refractivity contribution in [1.29, 1.82) is 0 Å². The predicted octanol–water partition coefficient (Wildman–Crippen LogP) is 0.770. The van der Waals surface area contributed by atoms with Crippen LogP contribution in [0.5, 0.6) is 0 Å². The number of morpholine rings is 1. The molecule has 1 amide bonds. The molecule has 3 heterocycles. The maximum Gasteiger partial charge on any atom is 0.249 e. The molecule has 0 saturated carbocycles. The predicted molar refractivity (Wildman–Crippen MR) is 79.0 cm³/mol. The van der Waals surface area contributed by atoms with Gasteiger partial charge in [-0.3, -0.25) is 9.69 Å². The molecule has 2 aliphatic rings. The summed E-state index contributed by atoms with van der Waals surface area (Å²) in [7, 11) is 0. The number of hydrogen-bond donors (Lipinski definition) is 1. The summed E-state index contributed by atoms with van der Waals surface area (Å²) in [6, 6.07) is 0. The summed E-state index contributed by atoms with van der Waals surface area (Å²) < 4.78 is 10.7. The number of nitrogens with zero attached hydrogens (tertiary/aromatic N) is 2. The Balaban J connectivity index is 1.44. The molecule has 0 bridgehead atoms. The van der Waals surface area contributed by atoms with Crippen molar-refractivity contribution in [3.05, 3.63) is 16.1 Å². The minimum Gasteiger partial charge on any atom is -0.379 e. The first kappa shape index (κ1) is 14.9. The lowest BCUT2D eigenvalue weighted by Gasteiger charge is -2.25. The number of carbonyl (C=O) groups is 1. The van der Waals surface area contributed by atoms with Crippen molar-refractivity contribution in [2.75, 3.05) is 32.9 Å². The summed E-state index contributed by atoms with van der Waals surface area (Å²) in [6.45, 7) is 5.57. The first-order valence-electron chi connectivity index (χ1n) is 7.44. The van der Waals surface area contributed by atoms with Crippen molar-refractivity contribution < 1.29 is 14.3 Å². The van der Waals surface area contributed by atoms with Gasteiger partial charge in [-0.25, -0.2) is 4.98 Å². The van der Waals surface area contributed by atoms with Crippen LogP contribution in [0.3, 0.4) is 0 Å². The summed E-state index contributed by atoms with van der Waals surface area (Å²) in [5.41, 5.74) is 1.07. The van der Waals surface area contributed by atoms with Gasteiger partial charge >= 0.3 is 0 Å². The molecular formula is C14H21N3O3S. The monoisotopic (exact) mass is 311 g/mol. The molecule has 2 fully saturated rings. The van der Waals surface area contributed by atoms with Crippen molar-refractivity contribution >= 4 is 17.2 Å². The summed E-state index contributed by atoms with van der Waals surface area (Å²) in [4.78, 5) is 18.8. The number of amides is 1. The Bertz CT molecular complexity index is 468. The molecule has 0 aliphatic carbocycles. The fourth-order valence-corrected chi connectivity index (χ4v) is 3.28. The van der Waals surface area contributed by atoms with E-state index in [4.69, 9.17) is 9.47 Å². The van der Waals surface area contributed by atoms with Crippen LogP contribution in [0.1, 0.15) is 23.5 Å². The van der Waals surface area contributed by atoms with Crippen LogP contribution in [0, 0.1) is 0 Å². The molecule has 6 nitrogen and oxygen atoms in total. The minimum atomic E-state index is -0.266. The Kier molecular flexibility index (Phi) is 5.18. The normalized spacial score (nSPS) is 23.3. The second kappa shape index (κ2) is 7.31. The zero-order valence-corrected chi connectivity index (χ0v) is 12.9. The van der Waals surface area contributed by atoms with Gasteiger partial charge in [0.1, 0.15) is 11.1 Å². The van der Waals surface area contributed by atoms with Gasteiger partial charge in [-0.05, 0) is 12.8 Å². The summed E-state index contributed by atoms with van der Waals surface area (Å²) in [5, 5.41) is 5.93. The van der Waals surface area contributed by atoms with Gasteiger partial charge in [-0.15, -0.1) is 11.3 Å². The number of thiazole rings is 1. The van der Waals surface area contributed by atoms with Crippen molar-refractivity contribution in [2.45, 2.75) is 32.0 Å². The molecule has 1 aromatic rings. The molecule has 0 spiro atoms. The lowest BCUT2D eigenvalue weighted by molar-refractivity contribution is -0.130. The highest BCUT2D eigenvalue weighted by atomic mass is 32.1. The summed E-state index contributed by atoms with van der Waals surface area (Å²) >= 11 is 1.60. The quantitative estimate of drug-likeness (QED) is 0.870. The zero-order chi connectivity index (χ0) is 14.5. The third kappa shape index (κ3) is 4.23. The summed E-state index contributed by atoms with van der Waals surface area (Å²) in [5.74, 6) is -0.0163. The standard InChI is InChI=1S/C14H21N3O3S/c18-14(12-2-1-5-20-12)15-8-13-16-11(10-21-13)9-17-3-6-19-7-4-17/h10,12H,1-9H2,(H,15,18). The van der Waals surface area contributed by atoms with Crippen LogP contribution in [0.2, 0.25) is 0 Å². The molecule has 2 saturated heterocycles. The van der Waals surface area contributed by atoms with Crippen molar-refractivity contribution in [2.24, 2.45) is 0 Å². The Labute approximate surface area is 128 Å². The molecule has 3 rings (SSSR count). The second-order valence-electron chi connectivity index (χ2n) is 5.34. The summed E-state index contributed by atoms with van der Waals surface area (Å²) in [6.07, 6.45) is 1.53. The van der Waals surface area contributed by atoms with Gasteiger partial charge in [-0.2, -0.15) is 0 Å². The van der Waals surface area contributed by atoms with Gasteiger partial charge in [0.15, 0.2) is 0 Å². The second-order valence-corrected chi connectivity index (χ2v) is 6.28. The number of carbonyl (C=O) groups excluding carboxylic acids is 1. The van der Waals surface area contributed by atoms with Gasteiger partial charge < -0.3 is 14.8 Å². The van der Waals surface area contributed by atoms with E-state index in [1.54, 1.807) is 11.3 Å². The Morgan fingerprint density at radius 1 is 1.43 bits per heavy atom. The molecule has 21 heavy (non-hydrogen) atoms. The minimum absolute atomic E-state index is 0.0163. The molecule has 7 heteroatoms. The lowest BCUT2D eigenvalue weighted by Crippen LogP contribution is -2.35. The van der Waals surface area contributed by atoms with Crippen molar-refractivity contribution in [3.8, 4) is 0 Å². The molecule has 1 aromatic heterocycles. The van der Waals surface area contributed by atoms with E-state index >= 15 is 0 Å². The first-order valence-corrected chi connectivity index (χ1v) is 8.32. The van der Waals surface area contributed by atoms with Crippen LogP contribution in [0.25, 0.3) is 0 Å². The molecule has 0 radical (unpaired) electrons. The molecular weight excluding hydrogens is 290 g/mol. The largest absolute Gasteiger partial charge is 0.379 e. The molecule has 1 unspecified atom stereocenters. The van der Waals surface area contributed by atoms with Crippen LogP contribution < -0.4 is 5.32 Å². The van der Waals surface area contributed by atoms with E-state index in [2.05, 4.69) is 20.6 Å². The topological polar surface area (TPSA) is 63.7 Å². The third-order valence-electron chi connectivity index (χ3n) is 3.72. The van der Waals surface area contributed by atoms with Crippen LogP contribution in [0.15, 0.2) is 5.38 Å². The zero-order valence-electron chi connectivity index (χ0n) is 12.0. The van der Waals surface area contributed by atoms with Crippen LogP contribution >= 0.6 is 11.3 Å². The van der Waals surface area contributed by atoms with E-state index in [1.807, 2.05) is 0 Å². The van der Waals surface area contributed by atoms with Gasteiger partial charge in [-0.1, -0.05) is 0 Å². The number of nitrogens with one attached hydrogen (secondary N) is 1. The van der Waals surface area contributed by atoms with E-state index in [0.29, 0.717) is 13.2 Å². The highest BCUT2D eigenvalue weighted by Gasteiger charge is 2.23. The van der Waals surface area contributed by atoms with Crippen LogP contribution in [-0.4, -0.2) is 54.8 Å². The van der Waals surface area contributed by atoms with Crippen molar-refractivity contribution in [3.63, 3.8) is 0 Å². The fraction of sp³-hybridized carbons (Fsp3) is 0.714. The van der Waals surface area contributed by atoms with Crippen molar-refractivity contribution in [1.82, 2.24) is 15.2 Å². The third-order valence-corrected chi connectivity index (χ3v) is 4.62. The average Bonchev–Trinajstić information content (AvgIpc) is 3.17. The molecule has 116 valence electrons. The van der Waals surface area contributed by atoms with E-state index in [-0.39, 0.29) is 12.0 Å². The Morgan fingerprint density at radius 3 is 3.05 bits per heavy atom. The number of rotatable bonds is 5. The maximum atomic E-state index is 11.9. The molecule has 2 aliphatic heterocycles. The highest BCUT2D eigenvalue weighted by Crippen LogP contribution is 2.14. The van der Waals surface area contributed by atoms with Gasteiger partial charge in [0.05, 0.1) is 25.5 Å². The Morgan fingerprint density at radius 2 is 2.29 bits per heavy atom. The van der Waals surface area contributed by atoms with Gasteiger partial charge in [0.25, 0.3) is 0 Å². The lowest BCUT2D eigenvalue weighted by atomic mass is 10.2. The van der Waals surface area contributed by atoms with E-state index in [9.17, 15) is 4.79 Å². The maximum absolute atomic E-state index is 11.9. The Hall–Kier alpha value is -1.02. The molecule has 1 atom stereocenters. The number of ether oxygens (including phenoxy) is 2. The van der Waals surface area contributed by atoms with Gasteiger partial charge in [0.2, 0.25) is 5.91 Å². The van der Waals surface area contributed by atoms with E-state index < -0.39 is 0 Å². The smallest absolute Gasteiger partial charge is 0.249 e. The number of hydrogen-bond acceptors (Lipinski definition) is 6. The highest BCUT2D eigenvalue weighted by molar-refractivity contribution is 7.09. The molecule has 1 N–H and O–H groups in total. The van der Waals surface area contributed by atoms with E-state index in [1.165, 1.54) is 0 Å². The first-order chi connectivity index (χ1) is 10.3. The number of aromatic nitrogens is 1. The SMILES string of the molecule is O=C(NCc1nc(CN2CCOCC2)cs1)C1CCCO1. The van der Waals surface area contributed by atoms with Gasteiger partial charge in [0, 0.05) is 31.6 Å². The average molecular weight is 311 g/mol. The van der Waals surface area contributed by atoms with Crippen LogP contribution in [0.4, 0.5) is 0 Å². The molecule has 0 aromatic carbocycles.